The molecule has 0 atom stereocenters. The number of hydrogen-bond acceptors (Lipinski definition) is 4. The van der Waals surface area contributed by atoms with Crippen molar-refractivity contribution in [3.63, 3.8) is 0 Å². The second-order valence-electron chi connectivity index (χ2n) is 4.58. The molecule has 0 saturated heterocycles. The maximum absolute atomic E-state index is 11.6. The van der Waals surface area contributed by atoms with E-state index in [4.69, 9.17) is 0 Å². The van der Waals surface area contributed by atoms with E-state index in [2.05, 4.69) is 22.2 Å². The first-order valence-corrected chi connectivity index (χ1v) is 7.79. The van der Waals surface area contributed by atoms with Gasteiger partial charge >= 0.3 is 0 Å². The average Bonchev–Trinajstić information content (AvgIpc) is 2.95. The minimum absolute atomic E-state index is 0.108. The number of pyridine rings is 1. The second kappa shape index (κ2) is 7.75. The number of aromatic nitrogens is 2. The lowest BCUT2D eigenvalue weighted by atomic mass is 10.2. The van der Waals surface area contributed by atoms with Gasteiger partial charge in [-0.3, -0.25) is 9.78 Å². The van der Waals surface area contributed by atoms with Crippen molar-refractivity contribution in [2.45, 2.75) is 32.6 Å². The van der Waals surface area contributed by atoms with Gasteiger partial charge in [0.2, 0.25) is 5.91 Å². The van der Waals surface area contributed by atoms with Crippen molar-refractivity contribution in [2.75, 3.05) is 6.54 Å². The van der Waals surface area contributed by atoms with E-state index in [-0.39, 0.29) is 5.91 Å². The number of nitrogens with one attached hydrogen (secondary N) is 1. The predicted octanol–water partition coefficient (Wildman–Crippen LogP) is 3.05. The molecule has 2 rings (SSSR count). The molecule has 0 radical (unpaired) electrons. The van der Waals surface area contributed by atoms with Crippen molar-refractivity contribution < 1.29 is 4.79 Å². The zero-order chi connectivity index (χ0) is 14.2. The van der Waals surface area contributed by atoms with E-state index in [1.807, 2.05) is 17.5 Å². The molecule has 2 aromatic rings. The summed E-state index contributed by atoms with van der Waals surface area (Å²) in [6.07, 6.45) is 6.86. The third-order valence-corrected chi connectivity index (χ3v) is 3.88. The van der Waals surface area contributed by atoms with Crippen LogP contribution >= 0.6 is 11.3 Å². The Morgan fingerprint density at radius 3 is 2.90 bits per heavy atom. The van der Waals surface area contributed by atoms with Crippen LogP contribution in [0.15, 0.2) is 29.9 Å². The summed E-state index contributed by atoms with van der Waals surface area (Å²) >= 11 is 1.61. The molecule has 20 heavy (non-hydrogen) atoms. The lowest BCUT2D eigenvalue weighted by Gasteiger charge is -2.02. The van der Waals surface area contributed by atoms with E-state index in [0.717, 1.165) is 35.7 Å². The van der Waals surface area contributed by atoms with Crippen molar-refractivity contribution in [2.24, 2.45) is 0 Å². The Balaban J connectivity index is 1.83. The molecule has 2 heterocycles. The van der Waals surface area contributed by atoms with Crippen LogP contribution < -0.4 is 5.32 Å². The summed E-state index contributed by atoms with van der Waals surface area (Å²) in [5.41, 5.74) is 2.05. The maximum Gasteiger partial charge on any atom is 0.220 e. The van der Waals surface area contributed by atoms with Crippen molar-refractivity contribution in [3.8, 4) is 10.6 Å². The van der Waals surface area contributed by atoms with E-state index in [1.165, 1.54) is 0 Å². The van der Waals surface area contributed by atoms with Crippen LogP contribution in [-0.4, -0.2) is 22.4 Å². The van der Waals surface area contributed by atoms with Crippen molar-refractivity contribution in [3.05, 3.63) is 35.6 Å². The lowest BCUT2D eigenvalue weighted by molar-refractivity contribution is -0.121. The predicted molar refractivity (Wildman–Crippen MR) is 81.6 cm³/mol. The minimum atomic E-state index is 0.108. The summed E-state index contributed by atoms with van der Waals surface area (Å²) in [5.74, 6) is 0.108. The van der Waals surface area contributed by atoms with Crippen molar-refractivity contribution >= 4 is 17.2 Å². The first-order valence-electron chi connectivity index (χ1n) is 6.91. The van der Waals surface area contributed by atoms with Crippen molar-refractivity contribution in [1.82, 2.24) is 15.3 Å². The van der Waals surface area contributed by atoms with Gasteiger partial charge in [0.15, 0.2) is 0 Å². The lowest BCUT2D eigenvalue weighted by Crippen LogP contribution is -2.24. The molecule has 0 saturated carbocycles. The molecule has 0 bridgehead atoms. The zero-order valence-corrected chi connectivity index (χ0v) is 12.4. The number of unbranched alkanes of at least 4 members (excludes halogenated alkanes) is 1. The van der Waals surface area contributed by atoms with Crippen LogP contribution in [0.4, 0.5) is 0 Å². The van der Waals surface area contributed by atoms with Crippen LogP contribution in [-0.2, 0) is 11.2 Å². The Morgan fingerprint density at radius 2 is 2.15 bits per heavy atom. The highest BCUT2D eigenvalue weighted by atomic mass is 32.1. The zero-order valence-electron chi connectivity index (χ0n) is 11.6. The highest BCUT2D eigenvalue weighted by Gasteiger charge is 2.07. The van der Waals surface area contributed by atoms with Gasteiger partial charge in [-0.05, 0) is 25.0 Å². The molecular formula is C15H19N3OS. The molecule has 1 N–H and O–H groups in total. The number of rotatable bonds is 7. The van der Waals surface area contributed by atoms with Crippen LogP contribution in [0.3, 0.4) is 0 Å². The van der Waals surface area contributed by atoms with Gasteiger partial charge in [-0.15, -0.1) is 11.3 Å². The number of amides is 1. The fourth-order valence-electron chi connectivity index (χ4n) is 1.78. The molecule has 106 valence electrons. The molecular weight excluding hydrogens is 270 g/mol. The van der Waals surface area contributed by atoms with E-state index in [1.54, 1.807) is 23.7 Å². The van der Waals surface area contributed by atoms with Crippen LogP contribution in [0.2, 0.25) is 0 Å². The maximum atomic E-state index is 11.6. The largest absolute Gasteiger partial charge is 0.356 e. The van der Waals surface area contributed by atoms with Crippen LogP contribution in [0.1, 0.15) is 31.9 Å². The molecule has 0 aromatic carbocycles. The van der Waals surface area contributed by atoms with Gasteiger partial charge in [-0.1, -0.05) is 13.3 Å². The van der Waals surface area contributed by atoms with Crippen LogP contribution in [0.5, 0.6) is 0 Å². The average molecular weight is 289 g/mol. The molecule has 0 aliphatic rings. The number of carbonyl (C=O) groups is 1. The second-order valence-corrected chi connectivity index (χ2v) is 5.44. The fourth-order valence-corrected chi connectivity index (χ4v) is 2.64. The SMILES string of the molecule is CCCCNC(=O)CCc1csc(-c2ccncc2)n1. The summed E-state index contributed by atoms with van der Waals surface area (Å²) in [4.78, 5) is 20.2. The van der Waals surface area contributed by atoms with Crippen LogP contribution in [0.25, 0.3) is 10.6 Å². The summed E-state index contributed by atoms with van der Waals surface area (Å²) in [5, 5.41) is 5.92. The number of nitrogens with zero attached hydrogens (tertiary/aromatic N) is 2. The molecule has 0 aliphatic heterocycles. The van der Waals surface area contributed by atoms with E-state index in [9.17, 15) is 4.79 Å². The number of hydrogen-bond donors (Lipinski definition) is 1. The smallest absolute Gasteiger partial charge is 0.220 e. The normalized spacial score (nSPS) is 10.4. The molecule has 0 spiro atoms. The summed E-state index contributed by atoms with van der Waals surface area (Å²) < 4.78 is 0. The summed E-state index contributed by atoms with van der Waals surface area (Å²) in [6.45, 7) is 2.89. The Bertz CT molecular complexity index is 539. The third kappa shape index (κ3) is 4.42. The van der Waals surface area contributed by atoms with E-state index >= 15 is 0 Å². The molecule has 4 nitrogen and oxygen atoms in total. The topological polar surface area (TPSA) is 54.9 Å². The Hall–Kier alpha value is -1.75. The molecule has 0 unspecified atom stereocenters. The number of carbonyl (C=O) groups excluding carboxylic acids is 1. The first kappa shape index (κ1) is 14.7. The van der Waals surface area contributed by atoms with Gasteiger partial charge in [0.25, 0.3) is 0 Å². The van der Waals surface area contributed by atoms with Gasteiger partial charge < -0.3 is 5.32 Å². The highest BCUT2D eigenvalue weighted by molar-refractivity contribution is 7.13. The summed E-state index contributed by atoms with van der Waals surface area (Å²) in [6, 6.07) is 3.89. The van der Waals surface area contributed by atoms with Gasteiger partial charge in [0.05, 0.1) is 5.69 Å². The first-order chi connectivity index (χ1) is 9.79. The number of thiazole rings is 1. The van der Waals surface area contributed by atoms with E-state index < -0.39 is 0 Å². The Kier molecular flexibility index (Phi) is 5.68. The molecule has 1 amide bonds. The van der Waals surface area contributed by atoms with E-state index in [0.29, 0.717) is 12.8 Å². The van der Waals surface area contributed by atoms with Gasteiger partial charge in [0, 0.05) is 36.3 Å². The molecule has 2 aromatic heterocycles. The molecule has 5 heteroatoms. The molecule has 0 aliphatic carbocycles. The van der Waals surface area contributed by atoms with Crippen molar-refractivity contribution in [1.29, 1.82) is 0 Å². The standard InChI is InChI=1S/C15H19N3OS/c1-2-3-8-17-14(19)5-4-13-11-20-15(18-13)12-6-9-16-10-7-12/h6-7,9-11H,2-5,8H2,1H3,(H,17,19). The van der Waals surface area contributed by atoms with Crippen LogP contribution in [0, 0.1) is 0 Å². The number of aryl methyl sites for hydroxylation is 1. The fraction of sp³-hybridized carbons (Fsp3) is 0.400. The van der Waals surface area contributed by atoms with Gasteiger partial charge in [0.1, 0.15) is 5.01 Å². The monoisotopic (exact) mass is 289 g/mol. The Morgan fingerprint density at radius 1 is 1.35 bits per heavy atom. The highest BCUT2D eigenvalue weighted by Crippen LogP contribution is 2.23. The quantitative estimate of drug-likeness (QED) is 0.797. The molecule has 0 fully saturated rings. The van der Waals surface area contributed by atoms with Gasteiger partial charge in [-0.2, -0.15) is 0 Å². The Labute approximate surface area is 123 Å². The third-order valence-electron chi connectivity index (χ3n) is 2.94. The minimum Gasteiger partial charge on any atom is -0.356 e. The summed E-state index contributed by atoms with van der Waals surface area (Å²) in [7, 11) is 0. The van der Waals surface area contributed by atoms with Gasteiger partial charge in [-0.25, -0.2) is 4.98 Å².